The second-order valence-electron chi connectivity index (χ2n) is 3.51. The zero-order valence-corrected chi connectivity index (χ0v) is 9.79. The normalized spacial score (nSPS) is 9.47. The zero-order valence-electron chi connectivity index (χ0n) is 9.79. The molecule has 0 aliphatic carbocycles. The van der Waals surface area contributed by atoms with Gasteiger partial charge in [-0.3, -0.25) is 0 Å². The van der Waals surface area contributed by atoms with E-state index in [1.54, 1.807) is 12.1 Å². The number of nitrogens with two attached hydrogens (primary N) is 1. The third-order valence-corrected chi connectivity index (χ3v) is 1.94. The minimum atomic E-state index is -0.0959. The van der Waals surface area contributed by atoms with Crippen LogP contribution in [-0.2, 0) is 4.79 Å². The summed E-state index contributed by atoms with van der Waals surface area (Å²) in [7, 11) is 5.68. The number of hydrogen-bond acceptors (Lipinski definition) is 4. The molecule has 0 fully saturated rings. The molecule has 0 unspecified atom stereocenters. The fraction of sp³-hybridized carbons (Fsp3) is 0.273. The van der Waals surface area contributed by atoms with E-state index in [1.807, 2.05) is 12.1 Å². The van der Waals surface area contributed by atoms with Crippen LogP contribution < -0.4 is 21.7 Å². The van der Waals surface area contributed by atoms with Crippen LogP contribution in [0.2, 0.25) is 0 Å². The molecule has 0 bridgehead atoms. The van der Waals surface area contributed by atoms with Crippen LogP contribution >= 0.6 is 0 Å². The van der Waals surface area contributed by atoms with E-state index in [4.69, 9.17) is 13.2 Å². The molecule has 1 aromatic carbocycles. The van der Waals surface area contributed by atoms with Crippen molar-refractivity contribution in [3.05, 3.63) is 24.3 Å². The monoisotopic (exact) mass is 231 g/mol. The van der Waals surface area contributed by atoms with E-state index in [0.29, 0.717) is 18.8 Å². The van der Waals surface area contributed by atoms with Gasteiger partial charge in [-0.2, -0.15) is 0 Å². The average molecular weight is 231 g/mol. The SMILES string of the molecule is [B]=C(NCCN)Nc1ccc(NC(C)=O)cc1. The third kappa shape index (κ3) is 5.17. The molecule has 17 heavy (non-hydrogen) atoms. The molecule has 1 radical (unpaired) electrons. The van der Waals surface area contributed by atoms with E-state index in [2.05, 4.69) is 16.0 Å². The Bertz CT molecular complexity index is 391. The van der Waals surface area contributed by atoms with Crippen molar-refractivity contribution in [2.45, 2.75) is 6.92 Å². The molecule has 5 N–H and O–H groups in total. The van der Waals surface area contributed by atoms with Crippen LogP contribution in [0.25, 0.3) is 0 Å². The second-order valence-corrected chi connectivity index (χ2v) is 3.51. The Balaban J connectivity index is 2.50. The Labute approximate surface area is 102 Å². The number of anilines is 2. The van der Waals surface area contributed by atoms with Crippen molar-refractivity contribution >= 4 is 30.5 Å². The van der Waals surface area contributed by atoms with Crippen molar-refractivity contribution in [2.24, 2.45) is 5.73 Å². The van der Waals surface area contributed by atoms with Gasteiger partial charge in [-0.25, -0.2) is 0 Å². The van der Waals surface area contributed by atoms with Gasteiger partial charge >= 0.3 is 101 Å². The third-order valence-electron chi connectivity index (χ3n) is 1.94. The van der Waals surface area contributed by atoms with Gasteiger partial charge in [-0.15, -0.1) is 0 Å². The topological polar surface area (TPSA) is 79.2 Å². The Hall–Kier alpha value is -1.82. The van der Waals surface area contributed by atoms with Crippen LogP contribution in [0.3, 0.4) is 0 Å². The molecule has 0 aromatic heterocycles. The minimum absolute atomic E-state index is 0.0959. The predicted molar refractivity (Wildman–Crippen MR) is 72.2 cm³/mol. The van der Waals surface area contributed by atoms with Crippen molar-refractivity contribution in [1.29, 1.82) is 0 Å². The summed E-state index contributed by atoms with van der Waals surface area (Å²) >= 11 is 0. The summed E-state index contributed by atoms with van der Waals surface area (Å²) < 4.78 is 0. The molecule has 1 rings (SSSR count). The molecular formula is C11H16BN4O. The van der Waals surface area contributed by atoms with Crippen molar-refractivity contribution in [3.8, 4) is 0 Å². The summed E-state index contributed by atoms with van der Waals surface area (Å²) in [5.74, 6) is -0.0959. The molecule has 0 atom stereocenters. The first kappa shape index (κ1) is 13.3. The Morgan fingerprint density at radius 1 is 1.24 bits per heavy atom. The van der Waals surface area contributed by atoms with E-state index < -0.39 is 0 Å². The standard InChI is InChI=1S/C11H16BN4O/c1-8(17)15-9-2-4-10(5-3-9)16-11(12)14-7-6-13/h2-5,14,16H,6-7,13H2,1H3,(H,15,17). The number of benzene rings is 1. The number of hydrogen-bond donors (Lipinski definition) is 4. The molecule has 1 amide bonds. The van der Waals surface area contributed by atoms with E-state index in [-0.39, 0.29) is 5.91 Å². The molecule has 0 aliphatic rings. The van der Waals surface area contributed by atoms with E-state index in [0.717, 1.165) is 11.4 Å². The fourth-order valence-corrected chi connectivity index (χ4v) is 1.25. The van der Waals surface area contributed by atoms with Gasteiger partial charge in [0, 0.05) is 0 Å². The molecular weight excluding hydrogens is 215 g/mol. The Morgan fingerprint density at radius 3 is 2.24 bits per heavy atom. The summed E-state index contributed by atoms with van der Waals surface area (Å²) in [5, 5.41) is 8.57. The zero-order chi connectivity index (χ0) is 12.7. The number of rotatable bonds is 6. The molecule has 0 saturated carbocycles. The molecule has 0 aliphatic heterocycles. The van der Waals surface area contributed by atoms with Gasteiger partial charge in [-0.1, -0.05) is 0 Å². The molecule has 1 aromatic rings. The number of nitrogens with one attached hydrogen (secondary N) is 3. The van der Waals surface area contributed by atoms with Crippen molar-refractivity contribution in [2.75, 3.05) is 23.7 Å². The van der Waals surface area contributed by atoms with Crippen LogP contribution in [0, 0.1) is 0 Å². The maximum atomic E-state index is 10.8. The number of carbonyl (C=O) groups is 1. The van der Waals surface area contributed by atoms with Gasteiger partial charge in [0.2, 0.25) is 0 Å². The van der Waals surface area contributed by atoms with Crippen LogP contribution in [0.5, 0.6) is 0 Å². The van der Waals surface area contributed by atoms with E-state index in [1.165, 1.54) is 6.92 Å². The van der Waals surface area contributed by atoms with Crippen LogP contribution in [-0.4, -0.2) is 32.2 Å². The van der Waals surface area contributed by atoms with Gasteiger partial charge < -0.3 is 0 Å². The second kappa shape index (κ2) is 6.70. The van der Waals surface area contributed by atoms with Crippen molar-refractivity contribution in [3.63, 3.8) is 0 Å². The van der Waals surface area contributed by atoms with Gasteiger partial charge in [0.1, 0.15) is 0 Å². The molecule has 0 heterocycles. The van der Waals surface area contributed by atoms with Crippen LogP contribution in [0.1, 0.15) is 6.92 Å². The summed E-state index contributed by atoms with van der Waals surface area (Å²) in [4.78, 5) is 10.8. The first-order valence-electron chi connectivity index (χ1n) is 5.33. The van der Waals surface area contributed by atoms with Crippen LogP contribution in [0.4, 0.5) is 11.4 Å². The number of carbonyl (C=O) groups excluding carboxylic acids is 1. The van der Waals surface area contributed by atoms with Gasteiger partial charge in [0.15, 0.2) is 0 Å². The predicted octanol–water partition coefficient (Wildman–Crippen LogP) is -0.139. The summed E-state index contributed by atoms with van der Waals surface area (Å²) in [5.41, 5.74) is 7.37. The Kier molecular flexibility index (Phi) is 5.22. The number of amides is 1. The quantitative estimate of drug-likeness (QED) is 0.514. The Morgan fingerprint density at radius 2 is 1.76 bits per heavy atom. The summed E-state index contributed by atoms with van der Waals surface area (Å²) in [6.07, 6.45) is 0. The first-order valence-corrected chi connectivity index (χ1v) is 5.33. The van der Waals surface area contributed by atoms with E-state index >= 15 is 0 Å². The maximum absolute atomic E-state index is 10.8. The molecule has 0 spiro atoms. The average Bonchev–Trinajstić information content (AvgIpc) is 2.28. The fourth-order valence-electron chi connectivity index (χ4n) is 1.25. The van der Waals surface area contributed by atoms with Crippen LogP contribution in [0.15, 0.2) is 24.3 Å². The van der Waals surface area contributed by atoms with Gasteiger partial charge in [0.25, 0.3) is 0 Å². The first-order chi connectivity index (χ1) is 8.11. The molecule has 6 heteroatoms. The van der Waals surface area contributed by atoms with Gasteiger partial charge in [0.05, 0.1) is 0 Å². The van der Waals surface area contributed by atoms with Crippen molar-refractivity contribution < 1.29 is 4.79 Å². The molecule has 5 nitrogen and oxygen atoms in total. The van der Waals surface area contributed by atoms with Crippen molar-refractivity contribution in [1.82, 2.24) is 5.32 Å². The summed E-state index contributed by atoms with van der Waals surface area (Å²) in [6, 6.07) is 7.23. The molecule has 0 saturated heterocycles. The van der Waals surface area contributed by atoms with E-state index in [9.17, 15) is 4.79 Å². The molecule has 89 valence electrons. The summed E-state index contributed by atoms with van der Waals surface area (Å²) in [6.45, 7) is 2.60. The van der Waals surface area contributed by atoms with Gasteiger partial charge in [-0.05, 0) is 0 Å².